The molecule has 1 aromatic heterocycles. The van der Waals surface area contributed by atoms with E-state index in [0.717, 1.165) is 12.5 Å². The normalized spacial score (nSPS) is 21.3. The van der Waals surface area contributed by atoms with Crippen LogP contribution in [0.4, 0.5) is 5.13 Å². The van der Waals surface area contributed by atoms with Crippen molar-refractivity contribution in [3.8, 4) is 0 Å². The molecule has 1 aromatic rings. The molecular weight excluding hydrogens is 278 g/mol. The number of hydrogen-bond acceptors (Lipinski definition) is 4. The zero-order chi connectivity index (χ0) is 15.1. The highest BCUT2D eigenvalue weighted by Gasteiger charge is 2.19. The van der Waals surface area contributed by atoms with Crippen molar-refractivity contribution in [1.29, 1.82) is 0 Å². The fourth-order valence-corrected chi connectivity index (χ4v) is 4.13. The number of anilines is 1. The van der Waals surface area contributed by atoms with Crippen molar-refractivity contribution < 1.29 is 0 Å². The summed E-state index contributed by atoms with van der Waals surface area (Å²) in [5.41, 5.74) is 0. The standard InChI is InChI=1S/C17H31N3S/c1-4-7-15-8-6-11-20(12-9-15)17-19-13-16(21-17)14(3)18-10-5-2/h13-15,18H,4-12H2,1-3H3. The van der Waals surface area contributed by atoms with Gasteiger partial charge in [-0.15, -0.1) is 11.3 Å². The van der Waals surface area contributed by atoms with Crippen LogP contribution in [0.1, 0.15) is 70.2 Å². The Bertz CT molecular complexity index is 404. The average Bonchev–Trinajstić information content (AvgIpc) is 2.87. The van der Waals surface area contributed by atoms with Gasteiger partial charge in [0.15, 0.2) is 5.13 Å². The second-order valence-corrected chi connectivity index (χ2v) is 7.33. The molecule has 120 valence electrons. The molecule has 0 amide bonds. The molecule has 0 radical (unpaired) electrons. The lowest BCUT2D eigenvalue weighted by Crippen LogP contribution is -2.23. The van der Waals surface area contributed by atoms with Crippen LogP contribution in [-0.4, -0.2) is 24.6 Å². The minimum atomic E-state index is 0.427. The van der Waals surface area contributed by atoms with E-state index in [1.165, 1.54) is 61.6 Å². The fraction of sp³-hybridized carbons (Fsp3) is 0.824. The Labute approximate surface area is 134 Å². The summed E-state index contributed by atoms with van der Waals surface area (Å²) in [5, 5.41) is 4.78. The van der Waals surface area contributed by atoms with Gasteiger partial charge in [-0.05, 0) is 45.1 Å². The summed E-state index contributed by atoms with van der Waals surface area (Å²) in [6, 6.07) is 0.427. The monoisotopic (exact) mass is 309 g/mol. The Morgan fingerprint density at radius 1 is 1.33 bits per heavy atom. The van der Waals surface area contributed by atoms with Crippen molar-refractivity contribution in [2.45, 2.75) is 65.3 Å². The summed E-state index contributed by atoms with van der Waals surface area (Å²) in [6.45, 7) is 10.2. The molecule has 0 aromatic carbocycles. The summed E-state index contributed by atoms with van der Waals surface area (Å²) in [7, 11) is 0. The first kappa shape index (κ1) is 16.8. The van der Waals surface area contributed by atoms with Crippen LogP contribution in [0.25, 0.3) is 0 Å². The van der Waals surface area contributed by atoms with Gasteiger partial charge in [0.25, 0.3) is 0 Å². The zero-order valence-corrected chi connectivity index (χ0v) is 14.7. The van der Waals surface area contributed by atoms with Crippen LogP contribution in [0.2, 0.25) is 0 Å². The molecule has 2 rings (SSSR count). The highest BCUT2D eigenvalue weighted by molar-refractivity contribution is 7.15. The van der Waals surface area contributed by atoms with Crippen LogP contribution in [0, 0.1) is 5.92 Å². The molecule has 1 fully saturated rings. The van der Waals surface area contributed by atoms with Crippen molar-refractivity contribution in [3.05, 3.63) is 11.1 Å². The van der Waals surface area contributed by atoms with Crippen LogP contribution in [0.5, 0.6) is 0 Å². The van der Waals surface area contributed by atoms with Gasteiger partial charge in [0.2, 0.25) is 0 Å². The maximum atomic E-state index is 4.69. The Hall–Kier alpha value is -0.610. The van der Waals surface area contributed by atoms with E-state index in [9.17, 15) is 0 Å². The lowest BCUT2D eigenvalue weighted by molar-refractivity contribution is 0.435. The van der Waals surface area contributed by atoms with Gasteiger partial charge in [0.1, 0.15) is 0 Å². The number of aromatic nitrogens is 1. The lowest BCUT2D eigenvalue weighted by atomic mass is 9.96. The second-order valence-electron chi connectivity index (χ2n) is 6.29. The predicted octanol–water partition coefficient (Wildman–Crippen LogP) is 4.61. The minimum Gasteiger partial charge on any atom is -0.348 e. The highest BCUT2D eigenvalue weighted by Crippen LogP contribution is 2.30. The van der Waals surface area contributed by atoms with E-state index < -0.39 is 0 Å². The van der Waals surface area contributed by atoms with Gasteiger partial charge in [-0.25, -0.2) is 4.98 Å². The second kappa shape index (κ2) is 8.74. The van der Waals surface area contributed by atoms with Gasteiger partial charge < -0.3 is 10.2 Å². The van der Waals surface area contributed by atoms with Crippen LogP contribution in [-0.2, 0) is 0 Å². The molecule has 0 bridgehead atoms. The first-order valence-corrected chi connectivity index (χ1v) is 9.50. The van der Waals surface area contributed by atoms with Gasteiger partial charge >= 0.3 is 0 Å². The third kappa shape index (κ3) is 4.96. The molecular formula is C17H31N3S. The van der Waals surface area contributed by atoms with Crippen LogP contribution in [0.3, 0.4) is 0 Å². The van der Waals surface area contributed by atoms with Crippen molar-refractivity contribution in [2.75, 3.05) is 24.5 Å². The number of rotatable bonds is 7. The number of nitrogens with zero attached hydrogens (tertiary/aromatic N) is 2. The summed E-state index contributed by atoms with van der Waals surface area (Å²) in [5.74, 6) is 0.935. The quantitative estimate of drug-likeness (QED) is 0.797. The van der Waals surface area contributed by atoms with E-state index in [1.54, 1.807) is 0 Å². The first-order valence-electron chi connectivity index (χ1n) is 8.68. The molecule has 0 spiro atoms. The van der Waals surface area contributed by atoms with Gasteiger partial charge in [0.05, 0.1) is 0 Å². The lowest BCUT2D eigenvalue weighted by Gasteiger charge is -2.19. The van der Waals surface area contributed by atoms with Crippen molar-refractivity contribution in [1.82, 2.24) is 10.3 Å². The first-order chi connectivity index (χ1) is 10.2. The SMILES string of the molecule is CCCNC(C)c1cnc(N2CCCC(CCC)CC2)s1. The van der Waals surface area contributed by atoms with Crippen molar-refractivity contribution in [2.24, 2.45) is 5.92 Å². The molecule has 0 aliphatic carbocycles. The molecule has 2 heterocycles. The fourth-order valence-electron chi connectivity index (χ4n) is 3.14. The molecule has 2 atom stereocenters. The summed E-state index contributed by atoms with van der Waals surface area (Å²) in [6.07, 6.45) is 10.0. The topological polar surface area (TPSA) is 28.2 Å². The third-order valence-electron chi connectivity index (χ3n) is 4.45. The van der Waals surface area contributed by atoms with Gasteiger partial charge in [0, 0.05) is 30.2 Å². The third-order valence-corrected chi connectivity index (χ3v) is 5.69. The molecule has 4 heteroatoms. The Morgan fingerprint density at radius 3 is 2.95 bits per heavy atom. The van der Waals surface area contributed by atoms with E-state index in [4.69, 9.17) is 0 Å². The predicted molar refractivity (Wildman–Crippen MR) is 93.3 cm³/mol. The number of thiazole rings is 1. The van der Waals surface area contributed by atoms with Crippen molar-refractivity contribution >= 4 is 16.5 Å². The van der Waals surface area contributed by atoms with Crippen molar-refractivity contribution in [3.63, 3.8) is 0 Å². The molecule has 3 nitrogen and oxygen atoms in total. The largest absolute Gasteiger partial charge is 0.348 e. The van der Waals surface area contributed by atoms with Crippen LogP contribution < -0.4 is 10.2 Å². The maximum Gasteiger partial charge on any atom is 0.185 e. The Kier molecular flexibility index (Phi) is 6.97. The molecule has 1 aliphatic rings. The van der Waals surface area contributed by atoms with Crippen LogP contribution >= 0.6 is 11.3 Å². The van der Waals surface area contributed by atoms with E-state index in [0.29, 0.717) is 6.04 Å². The number of nitrogens with one attached hydrogen (secondary N) is 1. The van der Waals surface area contributed by atoms with Crippen LogP contribution in [0.15, 0.2) is 6.20 Å². The van der Waals surface area contributed by atoms with E-state index in [-0.39, 0.29) is 0 Å². The summed E-state index contributed by atoms with van der Waals surface area (Å²) >= 11 is 1.87. The van der Waals surface area contributed by atoms with E-state index >= 15 is 0 Å². The summed E-state index contributed by atoms with van der Waals surface area (Å²) in [4.78, 5) is 8.56. The molecule has 21 heavy (non-hydrogen) atoms. The minimum absolute atomic E-state index is 0.427. The molecule has 1 aliphatic heterocycles. The highest BCUT2D eigenvalue weighted by atomic mass is 32.1. The van der Waals surface area contributed by atoms with Gasteiger partial charge in [-0.2, -0.15) is 0 Å². The maximum absolute atomic E-state index is 4.69. The van der Waals surface area contributed by atoms with Gasteiger partial charge in [-0.3, -0.25) is 0 Å². The zero-order valence-electron chi connectivity index (χ0n) is 13.9. The molecule has 0 saturated carbocycles. The molecule has 1 saturated heterocycles. The van der Waals surface area contributed by atoms with Gasteiger partial charge in [-0.1, -0.05) is 26.7 Å². The Balaban J connectivity index is 1.91. The Morgan fingerprint density at radius 2 is 2.19 bits per heavy atom. The van der Waals surface area contributed by atoms with E-state index in [2.05, 4.69) is 42.2 Å². The summed E-state index contributed by atoms with van der Waals surface area (Å²) < 4.78 is 0. The van der Waals surface area contributed by atoms with E-state index in [1.807, 2.05) is 11.3 Å². The average molecular weight is 310 g/mol. The smallest absolute Gasteiger partial charge is 0.185 e. The number of hydrogen-bond donors (Lipinski definition) is 1. The molecule has 2 unspecified atom stereocenters. The molecule has 1 N–H and O–H groups in total.